The molecule has 0 bridgehead atoms. The first kappa shape index (κ1) is 23.4. The zero-order chi connectivity index (χ0) is 21.6. The number of esters is 1. The van der Waals surface area contributed by atoms with Crippen LogP contribution in [0.25, 0.3) is 0 Å². The molecule has 1 aliphatic rings. The summed E-state index contributed by atoms with van der Waals surface area (Å²) in [5.74, 6) is 0.973. The van der Waals surface area contributed by atoms with Crippen LogP contribution in [0.4, 0.5) is 0 Å². The van der Waals surface area contributed by atoms with Crippen LogP contribution in [0, 0.1) is 18.8 Å². The largest absolute Gasteiger partial charge is 0.492 e. The molecular formula is C24H37NO4. The van der Waals surface area contributed by atoms with Gasteiger partial charge >= 0.3 is 5.97 Å². The van der Waals surface area contributed by atoms with Gasteiger partial charge in [-0.2, -0.15) is 0 Å². The van der Waals surface area contributed by atoms with Gasteiger partial charge in [-0.05, 0) is 83.8 Å². The van der Waals surface area contributed by atoms with Gasteiger partial charge < -0.3 is 9.47 Å². The standard InChI is InChI=1S/C24H37NO4/c1-7-17(2)22(26)21-9-8-20(16-18(21)3)28-15-14-25-12-10-19(11-13-25)23(27)29-24(4,5)6/h8-9,16-17,19H,7,10-15H2,1-6H3. The van der Waals surface area contributed by atoms with Crippen molar-refractivity contribution in [3.8, 4) is 5.75 Å². The number of hydrogen-bond donors (Lipinski definition) is 0. The molecule has 0 N–H and O–H groups in total. The molecule has 1 aromatic rings. The van der Waals surface area contributed by atoms with Gasteiger partial charge in [0, 0.05) is 18.0 Å². The van der Waals surface area contributed by atoms with E-state index in [0.29, 0.717) is 6.61 Å². The van der Waals surface area contributed by atoms with E-state index >= 15 is 0 Å². The van der Waals surface area contributed by atoms with Crippen LogP contribution in [0.1, 0.15) is 69.8 Å². The first-order chi connectivity index (χ1) is 13.6. The lowest BCUT2D eigenvalue weighted by atomic mass is 9.94. The number of carbonyl (C=O) groups excluding carboxylic acids is 2. The highest BCUT2D eigenvalue weighted by Crippen LogP contribution is 2.23. The zero-order valence-electron chi connectivity index (χ0n) is 18.9. The van der Waals surface area contributed by atoms with E-state index in [1.807, 2.05) is 59.7 Å². The molecule has 0 saturated carbocycles. The van der Waals surface area contributed by atoms with Crippen molar-refractivity contribution in [3.05, 3.63) is 29.3 Å². The monoisotopic (exact) mass is 403 g/mol. The van der Waals surface area contributed by atoms with Crippen LogP contribution in [-0.2, 0) is 9.53 Å². The average Bonchev–Trinajstić information content (AvgIpc) is 2.66. The van der Waals surface area contributed by atoms with Crippen molar-refractivity contribution in [3.63, 3.8) is 0 Å². The van der Waals surface area contributed by atoms with Gasteiger partial charge in [0.05, 0.1) is 5.92 Å². The molecule has 1 heterocycles. The summed E-state index contributed by atoms with van der Waals surface area (Å²) >= 11 is 0. The van der Waals surface area contributed by atoms with E-state index in [4.69, 9.17) is 9.47 Å². The van der Waals surface area contributed by atoms with Gasteiger partial charge in [0.15, 0.2) is 5.78 Å². The van der Waals surface area contributed by atoms with Crippen LogP contribution in [0.5, 0.6) is 5.75 Å². The molecule has 1 aromatic carbocycles. The van der Waals surface area contributed by atoms with E-state index < -0.39 is 5.60 Å². The fourth-order valence-corrected chi connectivity index (χ4v) is 3.52. The summed E-state index contributed by atoms with van der Waals surface area (Å²) in [5, 5.41) is 0. The minimum absolute atomic E-state index is 0.00429. The highest BCUT2D eigenvalue weighted by atomic mass is 16.6. The van der Waals surface area contributed by atoms with E-state index in [9.17, 15) is 9.59 Å². The third-order valence-electron chi connectivity index (χ3n) is 5.53. The number of likely N-dealkylation sites (tertiary alicyclic amines) is 1. The quantitative estimate of drug-likeness (QED) is 0.467. The van der Waals surface area contributed by atoms with Gasteiger partial charge in [-0.3, -0.25) is 14.5 Å². The highest BCUT2D eigenvalue weighted by Gasteiger charge is 2.28. The second-order valence-electron chi connectivity index (χ2n) is 9.15. The van der Waals surface area contributed by atoms with Gasteiger partial charge in [0.2, 0.25) is 0 Å². The number of ether oxygens (including phenoxy) is 2. The fraction of sp³-hybridized carbons (Fsp3) is 0.667. The van der Waals surface area contributed by atoms with Crippen molar-refractivity contribution >= 4 is 11.8 Å². The second kappa shape index (κ2) is 10.2. The Kier molecular flexibility index (Phi) is 8.26. The summed E-state index contributed by atoms with van der Waals surface area (Å²) in [7, 11) is 0. The molecule has 0 aliphatic carbocycles. The van der Waals surface area contributed by atoms with E-state index in [0.717, 1.165) is 55.8 Å². The third-order valence-corrected chi connectivity index (χ3v) is 5.53. The van der Waals surface area contributed by atoms with Gasteiger partial charge in [-0.1, -0.05) is 13.8 Å². The van der Waals surface area contributed by atoms with Crippen molar-refractivity contribution in [2.75, 3.05) is 26.2 Å². The maximum atomic E-state index is 12.4. The maximum absolute atomic E-state index is 12.4. The van der Waals surface area contributed by atoms with Crippen LogP contribution in [0.15, 0.2) is 18.2 Å². The minimum Gasteiger partial charge on any atom is -0.492 e. The molecule has 0 amide bonds. The lowest BCUT2D eigenvalue weighted by Crippen LogP contribution is -2.40. The summed E-state index contributed by atoms with van der Waals surface area (Å²) in [4.78, 5) is 26.9. The summed E-state index contributed by atoms with van der Waals surface area (Å²) in [5.41, 5.74) is 1.33. The molecule has 1 fully saturated rings. The first-order valence-electron chi connectivity index (χ1n) is 10.8. The molecular weight excluding hydrogens is 366 g/mol. The number of ketones is 1. The number of hydrogen-bond acceptors (Lipinski definition) is 5. The van der Waals surface area contributed by atoms with Gasteiger partial charge in [-0.25, -0.2) is 0 Å². The predicted molar refractivity (Wildman–Crippen MR) is 115 cm³/mol. The van der Waals surface area contributed by atoms with Gasteiger partial charge in [0.1, 0.15) is 18.0 Å². The summed E-state index contributed by atoms with van der Waals surface area (Å²) in [6.07, 6.45) is 2.52. The molecule has 0 radical (unpaired) electrons. The number of benzene rings is 1. The third kappa shape index (κ3) is 7.14. The van der Waals surface area contributed by atoms with Crippen molar-refractivity contribution < 1.29 is 19.1 Å². The molecule has 162 valence electrons. The molecule has 0 spiro atoms. The minimum atomic E-state index is -0.422. The SMILES string of the molecule is CCC(C)C(=O)c1ccc(OCCN2CCC(C(=O)OC(C)(C)C)CC2)cc1C. The topological polar surface area (TPSA) is 55.8 Å². The molecule has 1 unspecified atom stereocenters. The Balaban J connectivity index is 1.76. The van der Waals surface area contributed by atoms with E-state index in [1.165, 1.54) is 0 Å². The van der Waals surface area contributed by atoms with Crippen molar-refractivity contribution in [2.45, 2.75) is 66.4 Å². The number of rotatable bonds is 8. The van der Waals surface area contributed by atoms with Crippen molar-refractivity contribution in [2.24, 2.45) is 11.8 Å². The van der Waals surface area contributed by atoms with Gasteiger partial charge in [-0.15, -0.1) is 0 Å². The zero-order valence-corrected chi connectivity index (χ0v) is 18.9. The number of Topliss-reactive ketones (excluding diaryl/α,β-unsaturated/α-hetero) is 1. The lowest BCUT2D eigenvalue weighted by Gasteiger charge is -2.32. The average molecular weight is 404 g/mol. The first-order valence-corrected chi connectivity index (χ1v) is 10.8. The number of nitrogens with zero attached hydrogens (tertiary/aromatic N) is 1. The van der Waals surface area contributed by atoms with Crippen LogP contribution in [-0.4, -0.2) is 48.5 Å². The van der Waals surface area contributed by atoms with Crippen LogP contribution in [0.2, 0.25) is 0 Å². The number of piperidine rings is 1. The Morgan fingerprint density at radius 3 is 2.41 bits per heavy atom. The van der Waals surface area contributed by atoms with E-state index in [2.05, 4.69) is 4.90 Å². The lowest BCUT2D eigenvalue weighted by molar-refractivity contribution is -0.161. The molecule has 5 nitrogen and oxygen atoms in total. The van der Waals surface area contributed by atoms with Crippen LogP contribution < -0.4 is 4.74 Å². The highest BCUT2D eigenvalue weighted by molar-refractivity contribution is 5.99. The molecule has 29 heavy (non-hydrogen) atoms. The fourth-order valence-electron chi connectivity index (χ4n) is 3.52. The van der Waals surface area contributed by atoms with Crippen molar-refractivity contribution in [1.29, 1.82) is 0 Å². The van der Waals surface area contributed by atoms with Crippen molar-refractivity contribution in [1.82, 2.24) is 4.90 Å². The Morgan fingerprint density at radius 2 is 1.86 bits per heavy atom. The molecule has 5 heteroatoms. The Labute approximate surface area is 175 Å². The molecule has 2 rings (SSSR count). The molecule has 1 atom stereocenters. The number of carbonyl (C=O) groups is 2. The summed E-state index contributed by atoms with van der Waals surface area (Å²) in [6, 6.07) is 5.72. The van der Waals surface area contributed by atoms with E-state index in [-0.39, 0.29) is 23.6 Å². The smallest absolute Gasteiger partial charge is 0.309 e. The molecule has 1 aliphatic heterocycles. The Bertz CT molecular complexity index is 699. The predicted octanol–water partition coefficient (Wildman–Crippen LogP) is 4.66. The number of aryl methyl sites for hydroxylation is 1. The second-order valence-corrected chi connectivity index (χ2v) is 9.15. The normalized spacial score (nSPS) is 17.0. The Hall–Kier alpha value is -1.88. The summed E-state index contributed by atoms with van der Waals surface area (Å²) in [6.45, 7) is 14.9. The summed E-state index contributed by atoms with van der Waals surface area (Å²) < 4.78 is 11.4. The van der Waals surface area contributed by atoms with Gasteiger partial charge in [0.25, 0.3) is 0 Å². The molecule has 0 aromatic heterocycles. The maximum Gasteiger partial charge on any atom is 0.309 e. The van der Waals surface area contributed by atoms with E-state index in [1.54, 1.807) is 0 Å². The Morgan fingerprint density at radius 1 is 1.21 bits per heavy atom. The van der Waals surface area contributed by atoms with Crippen LogP contribution in [0.3, 0.4) is 0 Å². The molecule has 1 saturated heterocycles. The van der Waals surface area contributed by atoms with Crippen LogP contribution >= 0.6 is 0 Å².